The predicted molar refractivity (Wildman–Crippen MR) is 83.1 cm³/mol. The number of benzene rings is 1. The number of amides is 1. The first-order chi connectivity index (χ1) is 10.7. The molecule has 2 aliphatic carbocycles. The van der Waals surface area contributed by atoms with Gasteiger partial charge in [0.2, 0.25) is 11.8 Å². The molecule has 2 unspecified atom stereocenters. The second-order valence-electron chi connectivity index (χ2n) is 6.04. The van der Waals surface area contributed by atoms with Gasteiger partial charge in [0.1, 0.15) is 0 Å². The average molecular weight is 362 g/mol. The van der Waals surface area contributed by atoms with E-state index in [1.54, 1.807) is 0 Å². The van der Waals surface area contributed by atoms with Crippen molar-refractivity contribution in [3.8, 4) is 0 Å². The number of hydrogen-bond donors (Lipinski definition) is 1. The van der Waals surface area contributed by atoms with Gasteiger partial charge in [0.15, 0.2) is 5.82 Å². The summed E-state index contributed by atoms with van der Waals surface area (Å²) in [6.45, 7) is 0.320. The lowest BCUT2D eigenvalue weighted by molar-refractivity contribution is -0.122. The van der Waals surface area contributed by atoms with Gasteiger partial charge in [-0.1, -0.05) is 33.2 Å². The van der Waals surface area contributed by atoms with Crippen LogP contribution in [0.25, 0.3) is 0 Å². The minimum absolute atomic E-state index is 0.0557. The monoisotopic (exact) mass is 361 g/mol. The summed E-state index contributed by atoms with van der Waals surface area (Å²) < 4.78 is 6.21. The highest BCUT2D eigenvalue weighted by atomic mass is 79.9. The van der Waals surface area contributed by atoms with Gasteiger partial charge in [-0.05, 0) is 42.9 Å². The molecule has 4 rings (SSSR count). The molecule has 114 valence electrons. The zero-order valence-corrected chi connectivity index (χ0v) is 13.5. The predicted octanol–water partition coefficient (Wildman–Crippen LogP) is 3.13. The number of nitrogens with one attached hydrogen (secondary N) is 1. The van der Waals surface area contributed by atoms with E-state index in [9.17, 15) is 4.79 Å². The van der Waals surface area contributed by atoms with E-state index in [-0.39, 0.29) is 11.8 Å². The summed E-state index contributed by atoms with van der Waals surface area (Å²) in [5, 5.41) is 6.85. The summed E-state index contributed by atoms with van der Waals surface area (Å²) in [5.74, 6) is 2.19. The third-order valence-corrected chi connectivity index (χ3v) is 4.74. The Bertz CT molecular complexity index is 711. The molecule has 2 atom stereocenters. The Balaban J connectivity index is 1.31. The van der Waals surface area contributed by atoms with E-state index in [1.165, 1.54) is 5.56 Å². The van der Waals surface area contributed by atoms with Crippen LogP contribution in [-0.4, -0.2) is 16.0 Å². The number of aromatic nitrogens is 2. The quantitative estimate of drug-likeness (QED) is 0.888. The van der Waals surface area contributed by atoms with Crippen LogP contribution in [0.1, 0.15) is 48.4 Å². The molecule has 0 spiro atoms. The Morgan fingerprint density at radius 2 is 2.27 bits per heavy atom. The molecule has 2 saturated carbocycles. The highest BCUT2D eigenvalue weighted by molar-refractivity contribution is 9.10. The summed E-state index contributed by atoms with van der Waals surface area (Å²) in [7, 11) is 0. The molecule has 1 amide bonds. The van der Waals surface area contributed by atoms with Crippen LogP contribution in [0.5, 0.6) is 0 Å². The topological polar surface area (TPSA) is 68.0 Å². The molecule has 0 bridgehead atoms. The van der Waals surface area contributed by atoms with Gasteiger partial charge in [-0.3, -0.25) is 4.79 Å². The van der Waals surface area contributed by atoms with Gasteiger partial charge in [0.25, 0.3) is 0 Å². The third-order valence-electron chi connectivity index (χ3n) is 4.24. The fourth-order valence-electron chi connectivity index (χ4n) is 2.73. The van der Waals surface area contributed by atoms with Crippen LogP contribution < -0.4 is 5.32 Å². The number of nitrogens with zero attached hydrogens (tertiary/aromatic N) is 2. The Morgan fingerprint density at radius 1 is 1.41 bits per heavy atom. The maximum Gasteiger partial charge on any atom is 0.246 e. The molecule has 1 aromatic heterocycles. The lowest BCUT2D eigenvalue weighted by Gasteiger charge is -2.02. The molecule has 1 heterocycles. The van der Waals surface area contributed by atoms with Crippen molar-refractivity contribution in [1.82, 2.24) is 15.5 Å². The van der Waals surface area contributed by atoms with Gasteiger partial charge >= 0.3 is 0 Å². The van der Waals surface area contributed by atoms with E-state index < -0.39 is 0 Å². The van der Waals surface area contributed by atoms with E-state index in [2.05, 4.69) is 43.5 Å². The van der Waals surface area contributed by atoms with Crippen molar-refractivity contribution in [2.45, 2.75) is 37.6 Å². The second kappa shape index (κ2) is 5.50. The number of hydrogen-bond acceptors (Lipinski definition) is 4. The fourth-order valence-corrected chi connectivity index (χ4v) is 3.15. The van der Waals surface area contributed by atoms with Gasteiger partial charge in [0.05, 0.1) is 6.54 Å². The Hall–Kier alpha value is -1.69. The molecule has 1 aromatic carbocycles. The number of carbonyl (C=O) groups is 1. The minimum Gasteiger partial charge on any atom is -0.347 e. The first kappa shape index (κ1) is 13.9. The summed E-state index contributed by atoms with van der Waals surface area (Å²) in [6.07, 6.45) is 3.18. The summed E-state index contributed by atoms with van der Waals surface area (Å²) in [6, 6.07) is 8.15. The standard InChI is InChI=1S/C16H16BrN3O2/c17-11-3-1-2-10(6-11)12-7-13(12)16(21)18-8-14-19-15(20-22-14)9-4-5-9/h1-3,6,9,12-13H,4-5,7-8H2,(H,18,21). The van der Waals surface area contributed by atoms with Crippen LogP contribution in [0.3, 0.4) is 0 Å². The molecule has 0 radical (unpaired) electrons. The van der Waals surface area contributed by atoms with E-state index in [4.69, 9.17) is 4.52 Å². The molecule has 5 nitrogen and oxygen atoms in total. The number of rotatable bonds is 5. The van der Waals surface area contributed by atoms with E-state index in [0.29, 0.717) is 24.3 Å². The van der Waals surface area contributed by atoms with Crippen molar-refractivity contribution >= 4 is 21.8 Å². The normalized spacial score (nSPS) is 23.3. The minimum atomic E-state index is 0.0557. The maximum atomic E-state index is 12.2. The lowest BCUT2D eigenvalue weighted by atomic mass is 10.1. The number of halogens is 1. The first-order valence-electron chi connectivity index (χ1n) is 7.56. The van der Waals surface area contributed by atoms with Crippen molar-refractivity contribution in [3.05, 3.63) is 46.0 Å². The molecular formula is C16H16BrN3O2. The van der Waals surface area contributed by atoms with Crippen molar-refractivity contribution in [3.63, 3.8) is 0 Å². The molecular weight excluding hydrogens is 346 g/mol. The van der Waals surface area contributed by atoms with Crippen LogP contribution in [0.2, 0.25) is 0 Å². The van der Waals surface area contributed by atoms with Gasteiger partial charge in [-0.25, -0.2) is 0 Å². The Labute approximate surface area is 136 Å². The van der Waals surface area contributed by atoms with Crippen molar-refractivity contribution in [2.24, 2.45) is 5.92 Å². The summed E-state index contributed by atoms with van der Waals surface area (Å²) in [4.78, 5) is 16.5. The third kappa shape index (κ3) is 2.92. The number of carbonyl (C=O) groups excluding carboxylic acids is 1. The van der Waals surface area contributed by atoms with Gasteiger partial charge in [-0.15, -0.1) is 0 Å². The zero-order valence-electron chi connectivity index (χ0n) is 12.0. The average Bonchev–Trinajstić information content (AvgIpc) is 3.43. The fraction of sp³-hybridized carbons (Fsp3) is 0.438. The smallest absolute Gasteiger partial charge is 0.246 e. The van der Waals surface area contributed by atoms with Crippen LogP contribution in [0, 0.1) is 5.92 Å². The van der Waals surface area contributed by atoms with Crippen LogP contribution >= 0.6 is 15.9 Å². The SMILES string of the molecule is O=C(NCc1nc(C2CC2)no1)C1CC1c1cccc(Br)c1. The molecule has 22 heavy (non-hydrogen) atoms. The van der Waals surface area contributed by atoms with Crippen molar-refractivity contribution in [2.75, 3.05) is 0 Å². The summed E-state index contributed by atoms with van der Waals surface area (Å²) >= 11 is 3.47. The van der Waals surface area contributed by atoms with E-state index in [0.717, 1.165) is 29.6 Å². The largest absolute Gasteiger partial charge is 0.347 e. The van der Waals surface area contributed by atoms with Gasteiger partial charge in [-0.2, -0.15) is 4.98 Å². The molecule has 2 aliphatic rings. The zero-order chi connectivity index (χ0) is 15.1. The van der Waals surface area contributed by atoms with E-state index >= 15 is 0 Å². The maximum absolute atomic E-state index is 12.2. The first-order valence-corrected chi connectivity index (χ1v) is 8.35. The van der Waals surface area contributed by atoms with Crippen LogP contribution in [0.4, 0.5) is 0 Å². The van der Waals surface area contributed by atoms with Crippen molar-refractivity contribution < 1.29 is 9.32 Å². The lowest BCUT2D eigenvalue weighted by Crippen LogP contribution is -2.25. The second-order valence-corrected chi connectivity index (χ2v) is 6.96. The van der Waals surface area contributed by atoms with Crippen LogP contribution in [0.15, 0.2) is 33.3 Å². The summed E-state index contributed by atoms with van der Waals surface area (Å²) in [5.41, 5.74) is 1.21. The molecule has 1 N–H and O–H groups in total. The molecule has 2 fully saturated rings. The molecule has 0 saturated heterocycles. The molecule has 2 aromatic rings. The molecule has 0 aliphatic heterocycles. The van der Waals surface area contributed by atoms with Gasteiger partial charge in [0, 0.05) is 16.3 Å². The molecule has 6 heteroatoms. The van der Waals surface area contributed by atoms with Crippen molar-refractivity contribution in [1.29, 1.82) is 0 Å². The van der Waals surface area contributed by atoms with Gasteiger partial charge < -0.3 is 9.84 Å². The van der Waals surface area contributed by atoms with E-state index in [1.807, 2.05) is 12.1 Å². The Morgan fingerprint density at radius 3 is 3.05 bits per heavy atom. The Kier molecular flexibility index (Phi) is 3.48. The van der Waals surface area contributed by atoms with Crippen LogP contribution in [-0.2, 0) is 11.3 Å². The highest BCUT2D eigenvalue weighted by Crippen LogP contribution is 2.48. The highest BCUT2D eigenvalue weighted by Gasteiger charge is 2.43.